The van der Waals surface area contributed by atoms with Crippen LogP contribution in [0.15, 0.2) is 0 Å². The van der Waals surface area contributed by atoms with Crippen LogP contribution >= 0.6 is 0 Å². The van der Waals surface area contributed by atoms with Crippen LogP contribution in [0.5, 0.6) is 0 Å². The van der Waals surface area contributed by atoms with Crippen LogP contribution in [0, 0.1) is 0 Å². The second kappa shape index (κ2) is 7.63. The van der Waals surface area contributed by atoms with Gasteiger partial charge in [-0.15, -0.1) is 0 Å². The Morgan fingerprint density at radius 3 is 2.76 bits per heavy atom. The summed E-state index contributed by atoms with van der Waals surface area (Å²) >= 11 is 0. The minimum absolute atomic E-state index is 0.174. The standard InChI is InChI=1S/C12H25N3O2/c1-15(7-3-9-17-2)8-6-11(12(13)16)14-10-4-5-10/h10-11,14H,3-9H2,1-2H3,(H2,13,16). The predicted molar refractivity (Wildman–Crippen MR) is 67.7 cm³/mol. The molecule has 5 nitrogen and oxygen atoms in total. The van der Waals surface area contributed by atoms with Gasteiger partial charge in [0, 0.05) is 26.3 Å². The maximum absolute atomic E-state index is 11.3. The van der Waals surface area contributed by atoms with Crippen LogP contribution in [0.1, 0.15) is 25.7 Å². The van der Waals surface area contributed by atoms with Gasteiger partial charge in [0.15, 0.2) is 0 Å². The Morgan fingerprint density at radius 2 is 2.24 bits per heavy atom. The van der Waals surface area contributed by atoms with Gasteiger partial charge in [0.25, 0.3) is 0 Å². The van der Waals surface area contributed by atoms with E-state index in [1.807, 2.05) is 0 Å². The number of nitrogens with one attached hydrogen (secondary N) is 1. The minimum atomic E-state index is -0.234. The Bertz CT molecular complexity index is 232. The first kappa shape index (κ1) is 14.4. The zero-order valence-corrected chi connectivity index (χ0v) is 10.9. The maximum Gasteiger partial charge on any atom is 0.234 e. The monoisotopic (exact) mass is 243 g/mol. The molecule has 1 aliphatic carbocycles. The molecule has 1 fully saturated rings. The van der Waals surface area contributed by atoms with Gasteiger partial charge in [0.05, 0.1) is 6.04 Å². The molecule has 0 spiro atoms. The molecule has 0 bridgehead atoms. The zero-order chi connectivity index (χ0) is 12.7. The third-order valence-electron chi connectivity index (χ3n) is 3.05. The van der Waals surface area contributed by atoms with Gasteiger partial charge in [-0.2, -0.15) is 0 Å². The van der Waals surface area contributed by atoms with E-state index < -0.39 is 0 Å². The summed E-state index contributed by atoms with van der Waals surface area (Å²) < 4.78 is 5.00. The second-order valence-corrected chi connectivity index (χ2v) is 4.83. The molecule has 0 saturated heterocycles. The Balaban J connectivity index is 2.13. The molecule has 100 valence electrons. The molecule has 1 saturated carbocycles. The molecule has 0 heterocycles. The van der Waals surface area contributed by atoms with Gasteiger partial charge in [-0.25, -0.2) is 0 Å². The van der Waals surface area contributed by atoms with E-state index in [0.717, 1.165) is 32.5 Å². The average Bonchev–Trinajstić information content (AvgIpc) is 3.08. The number of hydrogen-bond acceptors (Lipinski definition) is 4. The summed E-state index contributed by atoms with van der Waals surface area (Å²) in [5, 5.41) is 3.29. The van der Waals surface area contributed by atoms with Gasteiger partial charge in [0.2, 0.25) is 5.91 Å². The highest BCUT2D eigenvalue weighted by molar-refractivity contribution is 5.79. The van der Waals surface area contributed by atoms with Gasteiger partial charge in [-0.1, -0.05) is 0 Å². The number of rotatable bonds is 10. The van der Waals surface area contributed by atoms with E-state index in [0.29, 0.717) is 6.04 Å². The average molecular weight is 243 g/mol. The van der Waals surface area contributed by atoms with E-state index in [4.69, 9.17) is 10.5 Å². The molecule has 1 amide bonds. The van der Waals surface area contributed by atoms with Crippen molar-refractivity contribution in [2.45, 2.75) is 37.8 Å². The highest BCUT2D eigenvalue weighted by Crippen LogP contribution is 2.19. The first-order valence-electron chi connectivity index (χ1n) is 6.36. The van der Waals surface area contributed by atoms with Gasteiger partial charge in [-0.3, -0.25) is 4.79 Å². The maximum atomic E-state index is 11.3. The van der Waals surface area contributed by atoms with Gasteiger partial charge >= 0.3 is 0 Å². The minimum Gasteiger partial charge on any atom is -0.385 e. The van der Waals surface area contributed by atoms with Crippen LogP contribution < -0.4 is 11.1 Å². The summed E-state index contributed by atoms with van der Waals surface area (Å²) in [5.41, 5.74) is 5.38. The fourth-order valence-electron chi connectivity index (χ4n) is 1.78. The highest BCUT2D eigenvalue weighted by atomic mass is 16.5. The zero-order valence-electron chi connectivity index (χ0n) is 10.9. The van der Waals surface area contributed by atoms with Crippen molar-refractivity contribution in [1.29, 1.82) is 0 Å². The third kappa shape index (κ3) is 6.61. The van der Waals surface area contributed by atoms with Crippen molar-refractivity contribution in [2.75, 3.05) is 33.9 Å². The van der Waals surface area contributed by atoms with Crippen LogP contribution in [0.3, 0.4) is 0 Å². The number of nitrogens with zero attached hydrogens (tertiary/aromatic N) is 1. The van der Waals surface area contributed by atoms with Crippen molar-refractivity contribution in [1.82, 2.24) is 10.2 Å². The number of carbonyl (C=O) groups excluding carboxylic acids is 1. The van der Waals surface area contributed by atoms with Crippen LogP contribution in [0.4, 0.5) is 0 Å². The fourth-order valence-corrected chi connectivity index (χ4v) is 1.78. The summed E-state index contributed by atoms with van der Waals surface area (Å²) in [4.78, 5) is 13.5. The number of carbonyl (C=O) groups is 1. The molecule has 1 atom stereocenters. The molecule has 0 aromatic rings. The third-order valence-corrected chi connectivity index (χ3v) is 3.05. The van der Waals surface area contributed by atoms with E-state index in [2.05, 4.69) is 17.3 Å². The number of nitrogens with two attached hydrogens (primary N) is 1. The number of hydrogen-bond donors (Lipinski definition) is 2. The lowest BCUT2D eigenvalue weighted by molar-refractivity contribution is -0.120. The summed E-state index contributed by atoms with van der Waals surface area (Å²) in [6, 6.07) is 0.346. The Labute approximate surface area is 104 Å². The van der Waals surface area contributed by atoms with Gasteiger partial charge < -0.3 is 20.7 Å². The lowest BCUT2D eigenvalue weighted by Crippen LogP contribution is -2.44. The Morgan fingerprint density at radius 1 is 1.53 bits per heavy atom. The molecule has 5 heteroatoms. The molecule has 0 aliphatic heterocycles. The summed E-state index contributed by atoms with van der Waals surface area (Å²) in [6.07, 6.45) is 4.15. The van der Waals surface area contributed by atoms with Crippen molar-refractivity contribution in [2.24, 2.45) is 5.73 Å². The molecule has 0 radical (unpaired) electrons. The molecule has 1 aliphatic rings. The molecular formula is C12H25N3O2. The largest absolute Gasteiger partial charge is 0.385 e. The van der Waals surface area contributed by atoms with E-state index in [-0.39, 0.29) is 11.9 Å². The fraction of sp³-hybridized carbons (Fsp3) is 0.917. The van der Waals surface area contributed by atoms with E-state index in [1.54, 1.807) is 7.11 Å². The van der Waals surface area contributed by atoms with Gasteiger partial charge in [-0.05, 0) is 39.3 Å². The van der Waals surface area contributed by atoms with Gasteiger partial charge in [0.1, 0.15) is 0 Å². The van der Waals surface area contributed by atoms with Crippen LogP contribution in [0.2, 0.25) is 0 Å². The Hall–Kier alpha value is -0.650. The normalized spacial score (nSPS) is 17.4. The topological polar surface area (TPSA) is 67.6 Å². The van der Waals surface area contributed by atoms with Crippen molar-refractivity contribution in [3.8, 4) is 0 Å². The van der Waals surface area contributed by atoms with Crippen molar-refractivity contribution < 1.29 is 9.53 Å². The van der Waals surface area contributed by atoms with Crippen LogP contribution in [-0.4, -0.2) is 56.7 Å². The summed E-state index contributed by atoms with van der Waals surface area (Å²) in [6.45, 7) is 2.66. The molecule has 0 aromatic heterocycles. The van der Waals surface area contributed by atoms with Crippen LogP contribution in [-0.2, 0) is 9.53 Å². The molecular weight excluding hydrogens is 218 g/mol. The van der Waals surface area contributed by atoms with E-state index >= 15 is 0 Å². The Kier molecular flexibility index (Phi) is 6.47. The number of primary amides is 1. The first-order valence-corrected chi connectivity index (χ1v) is 6.36. The molecule has 17 heavy (non-hydrogen) atoms. The lowest BCUT2D eigenvalue weighted by atomic mass is 10.2. The summed E-state index contributed by atoms with van der Waals surface area (Å²) in [7, 11) is 3.77. The number of methoxy groups -OCH3 is 1. The molecule has 0 aromatic carbocycles. The van der Waals surface area contributed by atoms with Crippen molar-refractivity contribution >= 4 is 5.91 Å². The van der Waals surface area contributed by atoms with E-state index in [9.17, 15) is 4.79 Å². The van der Waals surface area contributed by atoms with Crippen molar-refractivity contribution in [3.63, 3.8) is 0 Å². The van der Waals surface area contributed by atoms with Crippen molar-refractivity contribution in [3.05, 3.63) is 0 Å². The SMILES string of the molecule is COCCCN(C)CCC(NC1CC1)C(N)=O. The summed E-state index contributed by atoms with van der Waals surface area (Å²) in [5.74, 6) is -0.234. The highest BCUT2D eigenvalue weighted by Gasteiger charge is 2.26. The van der Waals surface area contributed by atoms with Crippen LogP contribution in [0.25, 0.3) is 0 Å². The predicted octanol–water partition coefficient (Wildman–Crippen LogP) is -0.0493. The lowest BCUT2D eigenvalue weighted by Gasteiger charge is -2.20. The number of amides is 1. The first-order chi connectivity index (χ1) is 8.13. The van der Waals surface area contributed by atoms with E-state index in [1.165, 1.54) is 12.8 Å². The number of ether oxygens (including phenoxy) is 1. The quantitative estimate of drug-likeness (QED) is 0.528. The molecule has 1 rings (SSSR count). The smallest absolute Gasteiger partial charge is 0.234 e. The molecule has 1 unspecified atom stereocenters. The molecule has 3 N–H and O–H groups in total. The second-order valence-electron chi connectivity index (χ2n) is 4.83.